The Balaban J connectivity index is 1.50. The van der Waals surface area contributed by atoms with Gasteiger partial charge in [-0.2, -0.15) is 0 Å². The zero-order valence-corrected chi connectivity index (χ0v) is 21.3. The van der Waals surface area contributed by atoms with Crippen LogP contribution in [-0.2, 0) is 20.8 Å². The molecule has 0 unspecified atom stereocenters. The van der Waals surface area contributed by atoms with E-state index < -0.39 is 54.0 Å². The summed E-state index contributed by atoms with van der Waals surface area (Å²) in [5, 5.41) is 25.2. The summed E-state index contributed by atoms with van der Waals surface area (Å²) in [6.07, 6.45) is -1.08. The van der Waals surface area contributed by atoms with Gasteiger partial charge in [-0.1, -0.05) is 50.2 Å². The molecule has 5 rings (SSSR count). The molecular formula is C28H30N4O6. The van der Waals surface area contributed by atoms with Crippen molar-refractivity contribution in [2.24, 2.45) is 5.92 Å². The lowest BCUT2D eigenvalue weighted by molar-refractivity contribution is -0.145. The normalized spacial score (nSPS) is 20.3. The summed E-state index contributed by atoms with van der Waals surface area (Å²) in [5.74, 6) is -3.27. The number of benzene rings is 2. The van der Waals surface area contributed by atoms with Crippen LogP contribution in [0.2, 0.25) is 0 Å². The zero-order chi connectivity index (χ0) is 27.3. The lowest BCUT2D eigenvalue weighted by Crippen LogP contribution is -2.60. The third-order valence-corrected chi connectivity index (χ3v) is 7.45. The average molecular weight is 519 g/mol. The number of aliphatic hydroxyl groups is 1. The summed E-state index contributed by atoms with van der Waals surface area (Å²) >= 11 is 0. The van der Waals surface area contributed by atoms with Crippen molar-refractivity contribution in [3.63, 3.8) is 0 Å². The summed E-state index contributed by atoms with van der Waals surface area (Å²) in [6.45, 7) is 4.71. The number of carboxylic acids is 1. The largest absolute Gasteiger partial charge is 0.480 e. The number of rotatable bonds is 7. The van der Waals surface area contributed by atoms with Crippen molar-refractivity contribution in [1.82, 2.24) is 20.5 Å². The van der Waals surface area contributed by atoms with Crippen LogP contribution in [0.4, 0.5) is 0 Å². The monoisotopic (exact) mass is 518 g/mol. The molecule has 3 aromatic rings. The summed E-state index contributed by atoms with van der Waals surface area (Å²) in [5.41, 5.74) is 4.06. The van der Waals surface area contributed by atoms with E-state index in [2.05, 4.69) is 15.6 Å². The van der Waals surface area contributed by atoms with Gasteiger partial charge in [0.05, 0.1) is 12.1 Å². The van der Waals surface area contributed by atoms with Gasteiger partial charge in [0, 0.05) is 28.6 Å². The fraction of sp³-hybridized carbons (Fsp3) is 0.357. The van der Waals surface area contributed by atoms with E-state index in [9.17, 15) is 29.4 Å². The second kappa shape index (κ2) is 9.60. The SMILES string of the molecule is CC(C)[C@H](NC(=O)[C@@H]1Cc2c([nH]c3ccccc23)[C@H]2c3ccccc3C(=O)N21)C(=O)N[C@H](C(=O)O)[C@H](C)O. The Bertz CT molecular complexity index is 1440. The fourth-order valence-electron chi connectivity index (χ4n) is 5.55. The number of hydrogen-bond acceptors (Lipinski definition) is 5. The van der Waals surface area contributed by atoms with Gasteiger partial charge in [0.15, 0.2) is 6.04 Å². The molecule has 2 aliphatic heterocycles. The molecule has 10 nitrogen and oxygen atoms in total. The number of aliphatic hydroxyl groups excluding tert-OH is 1. The number of nitrogens with one attached hydrogen (secondary N) is 3. The number of aromatic nitrogens is 1. The number of amides is 3. The van der Waals surface area contributed by atoms with Crippen molar-refractivity contribution in [1.29, 1.82) is 0 Å². The molecule has 1 aromatic heterocycles. The van der Waals surface area contributed by atoms with E-state index in [-0.39, 0.29) is 12.3 Å². The van der Waals surface area contributed by atoms with Crippen molar-refractivity contribution >= 4 is 34.6 Å². The quantitative estimate of drug-likeness (QED) is 0.321. The van der Waals surface area contributed by atoms with E-state index in [1.54, 1.807) is 30.9 Å². The maximum atomic E-state index is 13.8. The van der Waals surface area contributed by atoms with Gasteiger partial charge in [-0.3, -0.25) is 14.4 Å². The minimum atomic E-state index is -1.52. The van der Waals surface area contributed by atoms with Crippen LogP contribution in [0.5, 0.6) is 0 Å². The number of carbonyl (C=O) groups is 4. The maximum absolute atomic E-state index is 13.8. The molecule has 198 valence electrons. The molecular weight excluding hydrogens is 488 g/mol. The van der Waals surface area contributed by atoms with Crippen LogP contribution < -0.4 is 10.6 Å². The minimum Gasteiger partial charge on any atom is -0.480 e. The van der Waals surface area contributed by atoms with Crippen molar-refractivity contribution in [2.75, 3.05) is 0 Å². The smallest absolute Gasteiger partial charge is 0.328 e. The highest BCUT2D eigenvalue weighted by Crippen LogP contribution is 2.46. The highest BCUT2D eigenvalue weighted by molar-refractivity contribution is 6.04. The number of para-hydroxylation sites is 1. The molecule has 2 aliphatic rings. The predicted octanol–water partition coefficient (Wildman–Crippen LogP) is 1.73. The van der Waals surface area contributed by atoms with Crippen molar-refractivity contribution in [3.05, 3.63) is 70.9 Å². The van der Waals surface area contributed by atoms with Crippen LogP contribution in [0.25, 0.3) is 10.9 Å². The number of aliphatic carboxylic acids is 1. The van der Waals surface area contributed by atoms with Gasteiger partial charge in [-0.05, 0) is 36.1 Å². The predicted molar refractivity (Wildman–Crippen MR) is 138 cm³/mol. The van der Waals surface area contributed by atoms with Gasteiger partial charge < -0.3 is 30.7 Å². The number of H-pyrrole nitrogens is 1. The summed E-state index contributed by atoms with van der Waals surface area (Å²) in [7, 11) is 0. The Kier molecular flexibility index (Phi) is 6.44. The number of carbonyl (C=O) groups excluding carboxylic acids is 3. The van der Waals surface area contributed by atoms with Crippen molar-refractivity contribution in [3.8, 4) is 0 Å². The molecule has 5 atom stereocenters. The Hall–Kier alpha value is -4.18. The molecule has 2 aromatic carbocycles. The fourth-order valence-corrected chi connectivity index (χ4v) is 5.55. The van der Waals surface area contributed by atoms with Gasteiger partial charge in [0.2, 0.25) is 11.8 Å². The van der Waals surface area contributed by atoms with E-state index in [4.69, 9.17) is 0 Å². The average Bonchev–Trinajstić information content (AvgIpc) is 3.40. The van der Waals surface area contributed by atoms with Crippen LogP contribution in [0.3, 0.4) is 0 Å². The van der Waals surface area contributed by atoms with E-state index in [0.29, 0.717) is 5.56 Å². The molecule has 0 spiro atoms. The molecule has 0 fully saturated rings. The van der Waals surface area contributed by atoms with Gasteiger partial charge in [-0.15, -0.1) is 0 Å². The number of carboxylic acid groups (broad SMARTS) is 1. The molecule has 10 heteroatoms. The number of nitrogens with zero attached hydrogens (tertiary/aromatic N) is 1. The Labute approximate surface area is 219 Å². The third kappa shape index (κ3) is 4.10. The van der Waals surface area contributed by atoms with Gasteiger partial charge in [0.1, 0.15) is 12.1 Å². The van der Waals surface area contributed by atoms with Gasteiger partial charge in [0.25, 0.3) is 5.91 Å². The highest BCUT2D eigenvalue weighted by atomic mass is 16.4. The standard InChI is InChI=1S/C28H30N4O6/c1-13(2)21(26(35)31-22(14(3)33)28(37)38)30-25(34)20-12-18-15-8-6-7-11-19(15)29-23(18)24-16-9-4-5-10-17(16)27(36)32(20)24/h4-11,13-14,20-22,24,29,33H,12H2,1-3H3,(H,30,34)(H,31,35)(H,37,38)/t14-,20-,21-,22-,24+/m0/s1. The van der Waals surface area contributed by atoms with Crippen LogP contribution >= 0.6 is 0 Å². The first-order chi connectivity index (χ1) is 18.1. The van der Waals surface area contributed by atoms with Crippen LogP contribution in [-0.4, -0.2) is 68.0 Å². The Morgan fingerprint density at radius 2 is 1.68 bits per heavy atom. The molecule has 0 bridgehead atoms. The Morgan fingerprint density at radius 3 is 2.37 bits per heavy atom. The molecule has 0 aliphatic carbocycles. The zero-order valence-electron chi connectivity index (χ0n) is 21.3. The number of hydrogen-bond donors (Lipinski definition) is 5. The van der Waals surface area contributed by atoms with Gasteiger partial charge in [-0.25, -0.2) is 4.79 Å². The number of aromatic amines is 1. The topological polar surface area (TPSA) is 152 Å². The summed E-state index contributed by atoms with van der Waals surface area (Å²) in [6, 6.07) is 11.1. The summed E-state index contributed by atoms with van der Waals surface area (Å²) in [4.78, 5) is 57.0. The van der Waals surface area contributed by atoms with Crippen LogP contribution in [0.15, 0.2) is 48.5 Å². The number of fused-ring (bicyclic) bond motifs is 7. The summed E-state index contributed by atoms with van der Waals surface area (Å²) < 4.78 is 0. The molecule has 3 heterocycles. The maximum Gasteiger partial charge on any atom is 0.328 e. The molecule has 0 radical (unpaired) electrons. The second-order valence-electron chi connectivity index (χ2n) is 10.3. The first kappa shape index (κ1) is 25.5. The van der Waals surface area contributed by atoms with Crippen molar-refractivity contribution in [2.45, 2.75) is 57.5 Å². The lowest BCUT2D eigenvalue weighted by Gasteiger charge is -2.38. The Morgan fingerprint density at radius 1 is 1.00 bits per heavy atom. The minimum absolute atomic E-state index is 0.249. The van der Waals surface area contributed by atoms with E-state index in [0.717, 1.165) is 27.7 Å². The van der Waals surface area contributed by atoms with Crippen molar-refractivity contribution < 1.29 is 29.4 Å². The molecule has 3 amide bonds. The third-order valence-electron chi connectivity index (χ3n) is 7.45. The highest BCUT2D eigenvalue weighted by Gasteiger charge is 2.49. The molecule has 0 saturated carbocycles. The first-order valence-corrected chi connectivity index (χ1v) is 12.6. The lowest BCUT2D eigenvalue weighted by atomic mass is 9.89. The van der Waals surface area contributed by atoms with E-state index >= 15 is 0 Å². The van der Waals surface area contributed by atoms with Gasteiger partial charge >= 0.3 is 5.97 Å². The molecule has 38 heavy (non-hydrogen) atoms. The van der Waals surface area contributed by atoms with E-state index in [1.807, 2.05) is 36.4 Å². The van der Waals surface area contributed by atoms with Crippen LogP contribution in [0.1, 0.15) is 54.0 Å². The van der Waals surface area contributed by atoms with Crippen LogP contribution in [0, 0.1) is 5.92 Å². The van der Waals surface area contributed by atoms with E-state index in [1.165, 1.54) is 6.92 Å². The first-order valence-electron chi connectivity index (χ1n) is 12.6. The molecule has 0 saturated heterocycles. The molecule has 5 N–H and O–H groups in total. The second-order valence-corrected chi connectivity index (χ2v) is 10.3.